The molecule has 0 heterocycles. The van der Waals surface area contributed by atoms with E-state index in [9.17, 15) is 26.7 Å². The van der Waals surface area contributed by atoms with Gasteiger partial charge in [0, 0.05) is 6.07 Å². The van der Waals surface area contributed by atoms with Gasteiger partial charge in [0.05, 0.1) is 18.4 Å². The summed E-state index contributed by atoms with van der Waals surface area (Å²) in [7, 11) is 1.24. The van der Waals surface area contributed by atoms with E-state index in [1.165, 1.54) is 25.3 Å². The highest BCUT2D eigenvalue weighted by Gasteiger charge is 2.33. The normalized spacial score (nSPS) is 10.9. The number of alkyl halides is 3. The number of aliphatic imine (C=N–C) groups is 1. The average molecular weight is 345 g/mol. The molecule has 0 unspecified atom stereocenters. The van der Waals surface area contributed by atoms with Crippen molar-refractivity contribution in [3.8, 4) is 17.2 Å². The van der Waals surface area contributed by atoms with Gasteiger partial charge in [0.2, 0.25) is 6.08 Å². The molecule has 0 saturated carbocycles. The first-order valence-electron chi connectivity index (χ1n) is 6.26. The summed E-state index contributed by atoms with van der Waals surface area (Å²) in [6.45, 7) is 0. The number of methoxy groups -OCH3 is 1. The van der Waals surface area contributed by atoms with E-state index in [1.54, 1.807) is 0 Å². The van der Waals surface area contributed by atoms with Gasteiger partial charge in [-0.1, -0.05) is 0 Å². The van der Waals surface area contributed by atoms with Crippen molar-refractivity contribution in [2.45, 2.75) is 6.18 Å². The molecule has 2 rings (SSSR count). The van der Waals surface area contributed by atoms with Crippen LogP contribution < -0.4 is 9.47 Å². The quantitative estimate of drug-likeness (QED) is 0.456. The van der Waals surface area contributed by atoms with E-state index >= 15 is 0 Å². The van der Waals surface area contributed by atoms with Gasteiger partial charge in [0.25, 0.3) is 0 Å². The van der Waals surface area contributed by atoms with E-state index in [-0.39, 0.29) is 29.3 Å². The summed E-state index contributed by atoms with van der Waals surface area (Å²) in [5.74, 6) is -4.36. The molecule has 0 fully saturated rings. The van der Waals surface area contributed by atoms with Gasteiger partial charge in [-0.2, -0.15) is 18.2 Å². The molecule has 0 aromatic heterocycles. The van der Waals surface area contributed by atoms with Gasteiger partial charge < -0.3 is 9.47 Å². The highest BCUT2D eigenvalue weighted by atomic mass is 19.4. The van der Waals surface area contributed by atoms with Gasteiger partial charge >= 0.3 is 6.18 Å². The molecule has 0 aliphatic carbocycles. The summed E-state index contributed by atoms with van der Waals surface area (Å²) in [6.07, 6.45) is -3.64. The topological polar surface area (TPSA) is 47.9 Å². The fraction of sp³-hybridized carbons (Fsp3) is 0.133. The van der Waals surface area contributed by atoms with Crippen LogP contribution in [0.2, 0.25) is 0 Å². The van der Waals surface area contributed by atoms with Crippen molar-refractivity contribution < 1.29 is 36.2 Å². The maximum Gasteiger partial charge on any atom is 0.416 e. The summed E-state index contributed by atoms with van der Waals surface area (Å²) in [4.78, 5) is 13.5. The Morgan fingerprint density at radius 3 is 2.17 bits per heavy atom. The zero-order valence-electron chi connectivity index (χ0n) is 11.9. The maximum absolute atomic E-state index is 13.8. The van der Waals surface area contributed by atoms with Crippen molar-refractivity contribution >= 4 is 11.8 Å². The lowest BCUT2D eigenvalue weighted by Gasteiger charge is -2.13. The Morgan fingerprint density at radius 2 is 1.67 bits per heavy atom. The van der Waals surface area contributed by atoms with Gasteiger partial charge in [0.15, 0.2) is 28.9 Å². The van der Waals surface area contributed by atoms with Crippen molar-refractivity contribution in [3.63, 3.8) is 0 Å². The van der Waals surface area contributed by atoms with E-state index in [4.69, 9.17) is 9.47 Å². The summed E-state index contributed by atoms with van der Waals surface area (Å²) in [5.41, 5.74) is -1.44. The second-order valence-corrected chi connectivity index (χ2v) is 4.41. The number of hydrogen-bond donors (Lipinski definition) is 0. The molecular formula is C15H8F5NO3. The fourth-order valence-corrected chi connectivity index (χ4v) is 1.80. The lowest BCUT2D eigenvalue weighted by Crippen LogP contribution is -2.07. The van der Waals surface area contributed by atoms with Gasteiger partial charge in [-0.15, -0.1) is 0 Å². The third-order valence-corrected chi connectivity index (χ3v) is 2.86. The molecule has 0 radical (unpaired) electrons. The second kappa shape index (κ2) is 6.67. The molecule has 0 spiro atoms. The number of benzene rings is 2. The molecule has 2 aromatic carbocycles. The molecule has 4 nitrogen and oxygen atoms in total. The van der Waals surface area contributed by atoms with Crippen molar-refractivity contribution in [1.29, 1.82) is 0 Å². The molecular weight excluding hydrogens is 337 g/mol. The lowest BCUT2D eigenvalue weighted by molar-refractivity contribution is -0.138. The van der Waals surface area contributed by atoms with Crippen LogP contribution in [0.15, 0.2) is 35.3 Å². The molecule has 0 atom stereocenters. The smallest absolute Gasteiger partial charge is 0.416 e. The van der Waals surface area contributed by atoms with E-state index < -0.39 is 29.1 Å². The molecule has 0 aliphatic rings. The zero-order valence-corrected chi connectivity index (χ0v) is 11.9. The van der Waals surface area contributed by atoms with Crippen molar-refractivity contribution in [1.82, 2.24) is 0 Å². The average Bonchev–Trinajstić information content (AvgIpc) is 2.50. The Morgan fingerprint density at radius 1 is 1.04 bits per heavy atom. The molecule has 9 heteroatoms. The van der Waals surface area contributed by atoms with E-state index in [0.717, 1.165) is 6.07 Å². The van der Waals surface area contributed by atoms with Crippen LogP contribution in [0.1, 0.15) is 5.56 Å². The largest absolute Gasteiger partial charge is 0.493 e. The fourth-order valence-electron chi connectivity index (χ4n) is 1.80. The summed E-state index contributed by atoms with van der Waals surface area (Å²) >= 11 is 0. The predicted octanol–water partition coefficient (Wildman–Crippen LogP) is 4.75. The molecule has 2 aromatic rings. The number of isocyanates is 1. The highest BCUT2D eigenvalue weighted by molar-refractivity contribution is 5.57. The standard InChI is InChI=1S/C15H8F5NO3/c1-23-12-3-2-9(21-7-22)6-13(12)24-14-10(16)4-8(5-11(14)17)15(18,19)20/h2-6H,1H3. The number of nitrogens with zero attached hydrogens (tertiary/aromatic N) is 1. The highest BCUT2D eigenvalue weighted by Crippen LogP contribution is 2.39. The van der Waals surface area contributed by atoms with Crippen LogP contribution in [0.4, 0.5) is 27.6 Å². The summed E-state index contributed by atoms with van der Waals surface area (Å²) < 4.78 is 75.1. The Kier molecular flexibility index (Phi) is 4.85. The Bertz CT molecular complexity index is 790. The van der Waals surface area contributed by atoms with Crippen LogP contribution in [0, 0.1) is 11.6 Å². The van der Waals surface area contributed by atoms with Gasteiger partial charge in [0.1, 0.15) is 0 Å². The SMILES string of the molecule is COc1ccc(N=C=O)cc1Oc1c(F)cc(C(F)(F)F)cc1F. The molecule has 0 amide bonds. The monoisotopic (exact) mass is 345 g/mol. The third-order valence-electron chi connectivity index (χ3n) is 2.86. The van der Waals surface area contributed by atoms with Crippen molar-refractivity contribution in [2.24, 2.45) is 4.99 Å². The molecule has 126 valence electrons. The Hall–Kier alpha value is -2.93. The minimum absolute atomic E-state index is 0.0264. The predicted molar refractivity (Wildman–Crippen MR) is 72.2 cm³/mol. The minimum Gasteiger partial charge on any atom is -0.493 e. The van der Waals surface area contributed by atoms with Crippen molar-refractivity contribution in [2.75, 3.05) is 7.11 Å². The number of hydrogen-bond acceptors (Lipinski definition) is 4. The maximum atomic E-state index is 13.8. The zero-order chi connectivity index (χ0) is 17.9. The number of ether oxygens (including phenoxy) is 2. The second-order valence-electron chi connectivity index (χ2n) is 4.41. The van der Waals surface area contributed by atoms with Crippen LogP contribution >= 0.6 is 0 Å². The first-order chi connectivity index (χ1) is 11.3. The Labute approximate surface area is 132 Å². The van der Waals surface area contributed by atoms with Crippen molar-refractivity contribution in [3.05, 3.63) is 47.5 Å². The van der Waals surface area contributed by atoms with Crippen LogP contribution in [0.3, 0.4) is 0 Å². The van der Waals surface area contributed by atoms with Crippen LogP contribution in [0.5, 0.6) is 17.2 Å². The minimum atomic E-state index is -4.91. The van der Waals surface area contributed by atoms with E-state index in [0.29, 0.717) is 0 Å². The van der Waals surface area contributed by atoms with Gasteiger partial charge in [-0.05, 0) is 24.3 Å². The third kappa shape index (κ3) is 3.69. The molecule has 0 N–H and O–H groups in total. The van der Waals surface area contributed by atoms with Gasteiger partial charge in [-0.25, -0.2) is 13.6 Å². The lowest BCUT2D eigenvalue weighted by atomic mass is 10.2. The number of halogens is 5. The number of carbonyl (C=O) groups excluding carboxylic acids is 1. The Balaban J connectivity index is 2.48. The molecule has 0 bridgehead atoms. The first-order valence-corrected chi connectivity index (χ1v) is 6.26. The molecule has 0 aliphatic heterocycles. The molecule has 24 heavy (non-hydrogen) atoms. The first kappa shape index (κ1) is 17.4. The number of rotatable bonds is 4. The van der Waals surface area contributed by atoms with Gasteiger partial charge in [-0.3, -0.25) is 0 Å². The van der Waals surface area contributed by atoms with E-state index in [2.05, 4.69) is 4.99 Å². The summed E-state index contributed by atoms with van der Waals surface area (Å²) in [5, 5.41) is 0. The van der Waals surface area contributed by atoms with Crippen LogP contribution in [0.25, 0.3) is 0 Å². The van der Waals surface area contributed by atoms with Crippen LogP contribution in [-0.2, 0) is 11.0 Å². The molecule has 0 saturated heterocycles. The van der Waals surface area contributed by atoms with Crippen LogP contribution in [-0.4, -0.2) is 13.2 Å². The van der Waals surface area contributed by atoms with E-state index in [1.807, 2.05) is 0 Å². The summed E-state index contributed by atoms with van der Waals surface area (Å²) in [6, 6.07) is 3.97.